The van der Waals surface area contributed by atoms with E-state index in [1.165, 1.54) is 18.5 Å². The Labute approximate surface area is 133 Å². The number of nitrogens with zero attached hydrogens (tertiary/aromatic N) is 1. The van der Waals surface area contributed by atoms with E-state index in [9.17, 15) is 9.59 Å². The van der Waals surface area contributed by atoms with Crippen LogP contribution in [0.4, 0.5) is 0 Å². The Morgan fingerprint density at radius 1 is 1.38 bits per heavy atom. The number of carboxylic acids is 1. The maximum Gasteiger partial charge on any atom is 0.328 e. The van der Waals surface area contributed by atoms with E-state index in [2.05, 4.69) is 26.2 Å². The van der Waals surface area contributed by atoms with Gasteiger partial charge in [0.05, 0.1) is 10.3 Å². The molecule has 0 aromatic carbocycles. The Morgan fingerprint density at radius 3 is 2.86 bits per heavy atom. The maximum atomic E-state index is 12.2. The number of hydrogen-bond acceptors (Lipinski definition) is 4. The lowest BCUT2D eigenvalue weighted by Gasteiger charge is -2.06. The van der Waals surface area contributed by atoms with Crippen LogP contribution < -0.4 is 5.32 Å². The third kappa shape index (κ3) is 4.51. The molecule has 0 atom stereocenters. The molecule has 0 saturated heterocycles. The summed E-state index contributed by atoms with van der Waals surface area (Å²) in [5.41, 5.74) is 0.850. The predicted molar refractivity (Wildman–Crippen MR) is 84.1 cm³/mol. The molecule has 0 aliphatic heterocycles. The number of rotatable bonds is 5. The van der Waals surface area contributed by atoms with Crippen LogP contribution in [0.15, 0.2) is 40.5 Å². The number of carboxylic acid groups (broad SMARTS) is 1. The summed E-state index contributed by atoms with van der Waals surface area (Å²) in [6.07, 6.45) is 5.28. The number of carbonyl (C=O) groups is 2. The number of carbonyl (C=O) groups excluding carboxylic acids is 1. The Balaban J connectivity index is 2.10. The standard InChI is InChI=1S/C14H11BrN2O3S/c15-12-3-2-10(21-12)8-17-14(20)11-5-6-16-7-9(11)1-4-13(18)19/h1-7H,8H2,(H,17,20)(H,18,19). The molecule has 2 rings (SSSR count). The fourth-order valence-electron chi connectivity index (χ4n) is 1.62. The quantitative estimate of drug-likeness (QED) is 0.797. The number of aliphatic carboxylic acids is 1. The lowest BCUT2D eigenvalue weighted by molar-refractivity contribution is -0.131. The molecule has 2 aromatic rings. The van der Waals surface area contributed by atoms with Crippen molar-refractivity contribution in [3.05, 3.63) is 56.5 Å². The molecule has 108 valence electrons. The summed E-state index contributed by atoms with van der Waals surface area (Å²) in [5.74, 6) is -1.35. The highest BCUT2D eigenvalue weighted by Gasteiger charge is 2.10. The smallest absolute Gasteiger partial charge is 0.328 e. The van der Waals surface area contributed by atoms with Gasteiger partial charge in [-0.2, -0.15) is 0 Å². The molecule has 0 saturated carbocycles. The lowest BCUT2D eigenvalue weighted by Crippen LogP contribution is -2.23. The molecule has 0 aliphatic carbocycles. The topological polar surface area (TPSA) is 79.3 Å². The van der Waals surface area contributed by atoms with Gasteiger partial charge in [-0.05, 0) is 40.2 Å². The Bertz CT molecular complexity index is 697. The van der Waals surface area contributed by atoms with E-state index in [1.807, 2.05) is 12.1 Å². The molecule has 5 nitrogen and oxygen atoms in total. The summed E-state index contributed by atoms with van der Waals surface area (Å²) < 4.78 is 1.00. The van der Waals surface area contributed by atoms with E-state index in [1.54, 1.807) is 17.4 Å². The molecule has 7 heteroatoms. The lowest BCUT2D eigenvalue weighted by atomic mass is 10.1. The number of thiophene rings is 1. The van der Waals surface area contributed by atoms with E-state index >= 15 is 0 Å². The third-order valence-corrected chi connectivity index (χ3v) is 4.18. The van der Waals surface area contributed by atoms with Gasteiger partial charge in [-0.1, -0.05) is 0 Å². The van der Waals surface area contributed by atoms with Crippen LogP contribution >= 0.6 is 27.3 Å². The Hall–Kier alpha value is -1.99. The first-order valence-corrected chi connectivity index (χ1v) is 7.54. The van der Waals surface area contributed by atoms with Gasteiger partial charge in [0.25, 0.3) is 5.91 Å². The van der Waals surface area contributed by atoms with Crippen LogP contribution in [0.2, 0.25) is 0 Å². The van der Waals surface area contributed by atoms with Gasteiger partial charge in [0.2, 0.25) is 0 Å². The molecule has 2 aromatic heterocycles. The van der Waals surface area contributed by atoms with E-state index < -0.39 is 5.97 Å². The summed E-state index contributed by atoms with van der Waals surface area (Å²) >= 11 is 4.90. The number of hydrogen-bond donors (Lipinski definition) is 2. The fourth-order valence-corrected chi connectivity index (χ4v) is 3.04. The molecule has 0 bridgehead atoms. The molecule has 0 unspecified atom stereocenters. The number of aromatic nitrogens is 1. The van der Waals surface area contributed by atoms with E-state index in [4.69, 9.17) is 5.11 Å². The number of halogens is 1. The highest BCUT2D eigenvalue weighted by molar-refractivity contribution is 9.11. The first kappa shape index (κ1) is 15.4. The molecule has 21 heavy (non-hydrogen) atoms. The molecule has 1 amide bonds. The molecule has 0 fully saturated rings. The SMILES string of the molecule is O=C(O)C=Cc1cnccc1C(=O)NCc1ccc(Br)s1. The minimum atomic E-state index is -1.08. The van der Waals surface area contributed by atoms with Gasteiger partial charge in [-0.3, -0.25) is 9.78 Å². The summed E-state index contributed by atoms with van der Waals surface area (Å²) in [4.78, 5) is 27.6. The van der Waals surface area contributed by atoms with Crippen molar-refractivity contribution in [2.75, 3.05) is 0 Å². The number of amides is 1. The Kier molecular flexibility index (Phi) is 5.24. The Morgan fingerprint density at radius 2 is 2.19 bits per heavy atom. The first-order chi connectivity index (χ1) is 10.1. The average molecular weight is 367 g/mol. The molecule has 2 N–H and O–H groups in total. The molecule has 2 heterocycles. The van der Waals surface area contributed by atoms with Crippen LogP contribution in [-0.4, -0.2) is 22.0 Å². The number of nitrogens with one attached hydrogen (secondary N) is 1. The maximum absolute atomic E-state index is 12.2. The zero-order chi connectivity index (χ0) is 15.2. The van der Waals surface area contributed by atoms with Crippen molar-refractivity contribution < 1.29 is 14.7 Å². The minimum Gasteiger partial charge on any atom is -0.478 e. The second kappa shape index (κ2) is 7.14. The van der Waals surface area contributed by atoms with Gasteiger partial charge in [0.1, 0.15) is 0 Å². The van der Waals surface area contributed by atoms with E-state index in [0.29, 0.717) is 17.7 Å². The predicted octanol–water partition coefficient (Wildman–Crippen LogP) is 2.93. The van der Waals surface area contributed by atoms with Gasteiger partial charge in [-0.15, -0.1) is 11.3 Å². The van der Waals surface area contributed by atoms with Crippen LogP contribution in [0, 0.1) is 0 Å². The zero-order valence-electron chi connectivity index (χ0n) is 10.7. The highest BCUT2D eigenvalue weighted by Crippen LogP contribution is 2.21. The van der Waals surface area contributed by atoms with Gasteiger partial charge in [0.15, 0.2) is 0 Å². The first-order valence-electron chi connectivity index (χ1n) is 5.93. The van der Waals surface area contributed by atoms with E-state index in [0.717, 1.165) is 14.7 Å². The average Bonchev–Trinajstić information content (AvgIpc) is 2.88. The summed E-state index contributed by atoms with van der Waals surface area (Å²) in [5, 5.41) is 11.4. The van der Waals surface area contributed by atoms with Gasteiger partial charge in [-0.25, -0.2) is 4.79 Å². The second-order valence-corrected chi connectivity index (χ2v) is 6.57. The normalized spacial score (nSPS) is 10.7. The minimum absolute atomic E-state index is 0.271. The van der Waals surface area contributed by atoms with Crippen molar-refractivity contribution in [3.63, 3.8) is 0 Å². The molecular weight excluding hydrogens is 356 g/mol. The van der Waals surface area contributed by atoms with Crippen LogP contribution in [0.25, 0.3) is 6.08 Å². The monoisotopic (exact) mass is 366 g/mol. The molecule has 0 radical (unpaired) electrons. The second-order valence-electron chi connectivity index (χ2n) is 4.02. The highest BCUT2D eigenvalue weighted by atomic mass is 79.9. The summed E-state index contributed by atoms with van der Waals surface area (Å²) in [6, 6.07) is 5.40. The van der Waals surface area contributed by atoms with Crippen molar-refractivity contribution in [3.8, 4) is 0 Å². The third-order valence-electron chi connectivity index (χ3n) is 2.55. The van der Waals surface area contributed by atoms with Crippen molar-refractivity contribution in [2.45, 2.75) is 6.54 Å². The van der Waals surface area contributed by atoms with Gasteiger partial charge in [0, 0.05) is 34.5 Å². The fraction of sp³-hybridized carbons (Fsp3) is 0.0714. The molecule has 0 spiro atoms. The van der Waals surface area contributed by atoms with Crippen molar-refractivity contribution in [2.24, 2.45) is 0 Å². The van der Waals surface area contributed by atoms with Crippen molar-refractivity contribution in [1.29, 1.82) is 0 Å². The van der Waals surface area contributed by atoms with E-state index in [-0.39, 0.29) is 5.91 Å². The van der Waals surface area contributed by atoms with Crippen LogP contribution in [0.1, 0.15) is 20.8 Å². The molecular formula is C14H11BrN2O3S. The zero-order valence-corrected chi connectivity index (χ0v) is 13.1. The van der Waals surface area contributed by atoms with Gasteiger partial charge < -0.3 is 10.4 Å². The number of pyridine rings is 1. The van der Waals surface area contributed by atoms with Crippen LogP contribution in [-0.2, 0) is 11.3 Å². The van der Waals surface area contributed by atoms with Crippen LogP contribution in [0.3, 0.4) is 0 Å². The van der Waals surface area contributed by atoms with Crippen LogP contribution in [0.5, 0.6) is 0 Å². The van der Waals surface area contributed by atoms with Crippen molar-refractivity contribution >= 4 is 45.2 Å². The van der Waals surface area contributed by atoms with Gasteiger partial charge >= 0.3 is 5.97 Å². The molecule has 0 aliphatic rings. The largest absolute Gasteiger partial charge is 0.478 e. The summed E-state index contributed by atoms with van der Waals surface area (Å²) in [6.45, 7) is 0.416. The summed E-state index contributed by atoms with van der Waals surface area (Å²) in [7, 11) is 0. The van der Waals surface area contributed by atoms with Crippen molar-refractivity contribution in [1.82, 2.24) is 10.3 Å².